The predicted molar refractivity (Wildman–Crippen MR) is 344 cm³/mol. The van der Waals surface area contributed by atoms with Gasteiger partial charge in [0.15, 0.2) is 12.2 Å². The van der Waals surface area contributed by atoms with Crippen molar-refractivity contribution in [3.05, 3.63) is 0 Å². The minimum Gasteiger partial charge on any atom is -0.462 e. The van der Waals surface area contributed by atoms with Crippen molar-refractivity contribution in [3.63, 3.8) is 0 Å². The van der Waals surface area contributed by atoms with E-state index in [-0.39, 0.29) is 25.7 Å². The Labute approximate surface area is 524 Å². The Bertz CT molecular complexity index is 1720. The van der Waals surface area contributed by atoms with Crippen LogP contribution >= 0.6 is 15.6 Å². The molecular formula is C67H130O17P2. The number of ether oxygens (including phenoxy) is 4. The lowest BCUT2D eigenvalue weighted by atomic mass is 10.00. The molecule has 0 amide bonds. The lowest BCUT2D eigenvalue weighted by Gasteiger charge is -2.21. The van der Waals surface area contributed by atoms with Gasteiger partial charge >= 0.3 is 39.5 Å². The molecule has 0 aromatic carbocycles. The van der Waals surface area contributed by atoms with Crippen LogP contribution in [0.1, 0.15) is 325 Å². The lowest BCUT2D eigenvalue weighted by Crippen LogP contribution is -2.30. The van der Waals surface area contributed by atoms with E-state index >= 15 is 0 Å². The van der Waals surface area contributed by atoms with Crippen molar-refractivity contribution >= 4 is 39.5 Å². The summed E-state index contributed by atoms with van der Waals surface area (Å²) in [6.45, 7) is 14.0. The fourth-order valence-corrected chi connectivity index (χ4v) is 11.5. The first-order valence-electron chi connectivity index (χ1n) is 34.7. The zero-order valence-corrected chi connectivity index (χ0v) is 57.7. The smallest absolute Gasteiger partial charge is 0.462 e. The number of carbonyl (C=O) groups is 4. The van der Waals surface area contributed by atoms with Crippen LogP contribution in [0.2, 0.25) is 0 Å². The van der Waals surface area contributed by atoms with Gasteiger partial charge in [-0.1, -0.05) is 274 Å². The van der Waals surface area contributed by atoms with Gasteiger partial charge in [-0.25, -0.2) is 9.13 Å². The minimum absolute atomic E-state index is 0.101. The van der Waals surface area contributed by atoms with E-state index in [0.29, 0.717) is 31.6 Å². The van der Waals surface area contributed by atoms with Crippen LogP contribution in [0.25, 0.3) is 0 Å². The maximum atomic E-state index is 13.0. The number of unbranched alkanes of at least 4 members (excludes halogenated alkanes) is 29. The van der Waals surface area contributed by atoms with Crippen LogP contribution in [0.3, 0.4) is 0 Å². The number of carbonyl (C=O) groups excluding carboxylic acids is 4. The van der Waals surface area contributed by atoms with Gasteiger partial charge in [0.25, 0.3) is 0 Å². The Hall–Kier alpha value is -1.94. The molecule has 0 aliphatic rings. The second-order valence-corrected chi connectivity index (χ2v) is 28.8. The van der Waals surface area contributed by atoms with Crippen molar-refractivity contribution < 1.29 is 80.2 Å². The second-order valence-electron chi connectivity index (χ2n) is 25.9. The first-order chi connectivity index (χ1) is 41.1. The van der Waals surface area contributed by atoms with Crippen molar-refractivity contribution in [3.8, 4) is 0 Å². The highest BCUT2D eigenvalue weighted by Gasteiger charge is 2.30. The van der Waals surface area contributed by atoms with Gasteiger partial charge in [-0.15, -0.1) is 0 Å². The normalized spacial score (nSPS) is 14.7. The molecule has 0 rings (SSSR count). The molecule has 0 heterocycles. The molecule has 0 spiro atoms. The summed E-state index contributed by atoms with van der Waals surface area (Å²) in [5, 5.41) is 10.6. The highest BCUT2D eigenvalue weighted by molar-refractivity contribution is 7.47. The number of phosphoric ester groups is 2. The molecule has 0 fully saturated rings. The number of rotatable bonds is 64. The molecule has 0 aromatic rings. The molecule has 0 aromatic heterocycles. The molecule has 19 heteroatoms. The second kappa shape index (κ2) is 57.0. The number of aliphatic hydroxyl groups is 1. The third-order valence-electron chi connectivity index (χ3n) is 15.7. The summed E-state index contributed by atoms with van der Waals surface area (Å²) in [6, 6.07) is 0. The molecular weight excluding hydrogens is 1140 g/mol. The molecule has 3 N–H and O–H groups in total. The summed E-state index contributed by atoms with van der Waals surface area (Å²) in [7, 11) is -9.90. The minimum atomic E-state index is -4.95. The Morgan fingerprint density at radius 1 is 0.326 bits per heavy atom. The van der Waals surface area contributed by atoms with E-state index in [1.54, 1.807) is 0 Å². The molecule has 510 valence electrons. The highest BCUT2D eigenvalue weighted by Crippen LogP contribution is 2.45. The Morgan fingerprint density at radius 3 is 0.826 bits per heavy atom. The summed E-state index contributed by atoms with van der Waals surface area (Å²) in [5.41, 5.74) is 0. The van der Waals surface area contributed by atoms with Crippen molar-refractivity contribution in [2.24, 2.45) is 23.7 Å². The molecule has 17 nitrogen and oxygen atoms in total. The third-order valence-corrected chi connectivity index (χ3v) is 17.6. The van der Waals surface area contributed by atoms with Crippen LogP contribution in [0.5, 0.6) is 0 Å². The lowest BCUT2D eigenvalue weighted by molar-refractivity contribution is -0.161. The standard InChI is InChI=1S/C67H130O17P2/c1-9-60(8)46-38-30-24-26-32-40-48-65(70)78-54-63(84-67(72)50-42-34-25-23-29-37-45-59(6)7)56-82-86(75,76)80-52-61(68)51-79-85(73,74)81-55-62(53-77-64(69)47-39-31-21-18-14-16-20-28-36-44-58(4)5)83-66(71)49-41-33-22-17-13-11-10-12-15-19-27-35-43-57(2)3/h57-63,68H,9-56H2,1-8H3,(H,73,74)(H,75,76)/t60?,61-,62-,63-/m1/s1. The van der Waals surface area contributed by atoms with Crippen LogP contribution in [0, 0.1) is 23.7 Å². The van der Waals surface area contributed by atoms with Crippen LogP contribution in [-0.4, -0.2) is 96.7 Å². The van der Waals surface area contributed by atoms with Crippen molar-refractivity contribution in [2.45, 2.75) is 343 Å². The number of aliphatic hydroxyl groups excluding tert-OH is 1. The Morgan fingerprint density at radius 2 is 0.558 bits per heavy atom. The molecule has 3 unspecified atom stereocenters. The SMILES string of the molecule is CCC(C)CCCCCCCCC(=O)OC[C@H](COP(=O)(O)OC[C@H](O)COP(=O)(O)OC[C@@H](COC(=O)CCCCCCCCCCCC(C)C)OC(=O)CCCCCCCCCCCCCCC(C)C)OC(=O)CCCCCCCCC(C)C. The van der Waals surface area contributed by atoms with E-state index < -0.39 is 97.5 Å². The summed E-state index contributed by atoms with van der Waals surface area (Å²) in [5.74, 6) is 0.782. The molecule has 0 saturated carbocycles. The van der Waals surface area contributed by atoms with Crippen LogP contribution in [0.15, 0.2) is 0 Å². The van der Waals surface area contributed by atoms with E-state index in [1.807, 2.05) is 0 Å². The maximum Gasteiger partial charge on any atom is 0.472 e. The van der Waals surface area contributed by atoms with Gasteiger partial charge in [-0.3, -0.25) is 37.3 Å². The van der Waals surface area contributed by atoms with Gasteiger partial charge in [0.2, 0.25) is 0 Å². The molecule has 86 heavy (non-hydrogen) atoms. The van der Waals surface area contributed by atoms with Crippen LogP contribution in [-0.2, 0) is 65.4 Å². The molecule has 0 aliphatic heterocycles. The first kappa shape index (κ1) is 84.1. The third kappa shape index (κ3) is 59.7. The quantitative estimate of drug-likeness (QED) is 0.0222. The summed E-state index contributed by atoms with van der Waals surface area (Å²) >= 11 is 0. The molecule has 0 radical (unpaired) electrons. The van der Waals surface area contributed by atoms with Crippen LogP contribution in [0.4, 0.5) is 0 Å². The van der Waals surface area contributed by atoms with Crippen molar-refractivity contribution in [1.82, 2.24) is 0 Å². The number of esters is 4. The van der Waals surface area contributed by atoms with Crippen LogP contribution < -0.4 is 0 Å². The van der Waals surface area contributed by atoms with E-state index in [9.17, 15) is 43.2 Å². The van der Waals surface area contributed by atoms with E-state index in [1.165, 1.54) is 122 Å². The van der Waals surface area contributed by atoms with Gasteiger partial charge in [-0.2, -0.15) is 0 Å². The van der Waals surface area contributed by atoms with Gasteiger partial charge in [-0.05, 0) is 49.4 Å². The van der Waals surface area contributed by atoms with Gasteiger partial charge in [0.05, 0.1) is 26.4 Å². The zero-order chi connectivity index (χ0) is 63.9. The number of phosphoric acid groups is 2. The van der Waals surface area contributed by atoms with E-state index in [0.717, 1.165) is 114 Å². The van der Waals surface area contributed by atoms with Gasteiger partial charge < -0.3 is 33.8 Å². The maximum absolute atomic E-state index is 13.0. The fourth-order valence-electron chi connectivity index (χ4n) is 9.93. The predicted octanol–water partition coefficient (Wildman–Crippen LogP) is 18.5. The average molecular weight is 1270 g/mol. The largest absolute Gasteiger partial charge is 0.472 e. The molecule has 0 saturated heterocycles. The monoisotopic (exact) mass is 1270 g/mol. The van der Waals surface area contributed by atoms with Crippen molar-refractivity contribution in [2.75, 3.05) is 39.6 Å². The average Bonchev–Trinajstić information content (AvgIpc) is 3.68. The van der Waals surface area contributed by atoms with E-state index in [4.69, 9.17) is 37.0 Å². The molecule has 0 aliphatic carbocycles. The first-order valence-corrected chi connectivity index (χ1v) is 37.7. The molecule has 6 atom stereocenters. The van der Waals surface area contributed by atoms with Gasteiger partial charge in [0, 0.05) is 25.7 Å². The number of hydrogen-bond donors (Lipinski definition) is 3. The zero-order valence-electron chi connectivity index (χ0n) is 55.9. The summed E-state index contributed by atoms with van der Waals surface area (Å²) in [6.07, 6.45) is 37.8. The highest BCUT2D eigenvalue weighted by atomic mass is 31.2. The summed E-state index contributed by atoms with van der Waals surface area (Å²) < 4.78 is 68.1. The number of hydrogen-bond acceptors (Lipinski definition) is 15. The van der Waals surface area contributed by atoms with E-state index in [2.05, 4.69) is 55.4 Å². The Balaban J connectivity index is 5.25. The van der Waals surface area contributed by atoms with Gasteiger partial charge in [0.1, 0.15) is 19.3 Å². The summed E-state index contributed by atoms with van der Waals surface area (Å²) in [4.78, 5) is 72.3. The topological polar surface area (TPSA) is 237 Å². The molecule has 0 bridgehead atoms. The Kier molecular flexibility index (Phi) is 55.7. The van der Waals surface area contributed by atoms with Crippen molar-refractivity contribution in [1.29, 1.82) is 0 Å². The fraction of sp³-hybridized carbons (Fsp3) is 0.940.